The van der Waals surface area contributed by atoms with Crippen molar-refractivity contribution in [3.63, 3.8) is 0 Å². The zero-order chi connectivity index (χ0) is 12.7. The highest BCUT2D eigenvalue weighted by Crippen LogP contribution is 2.07. The molecule has 0 spiro atoms. The van der Waals surface area contributed by atoms with Crippen LogP contribution in [0.1, 0.15) is 5.56 Å². The summed E-state index contributed by atoms with van der Waals surface area (Å²) in [6.07, 6.45) is 4.98. The summed E-state index contributed by atoms with van der Waals surface area (Å²) >= 11 is 1.49. The van der Waals surface area contributed by atoms with Crippen LogP contribution < -0.4 is 5.32 Å². The molecule has 17 heavy (non-hydrogen) atoms. The summed E-state index contributed by atoms with van der Waals surface area (Å²) in [5.41, 5.74) is 1.12. The highest BCUT2D eigenvalue weighted by atomic mass is 32.2. The van der Waals surface area contributed by atoms with E-state index in [-0.39, 0.29) is 0 Å². The molecule has 0 aliphatic rings. The lowest BCUT2D eigenvalue weighted by Gasteiger charge is -2.09. The average molecular weight is 257 g/mol. The molecule has 0 aromatic carbocycles. The number of carbonyl (C=O) groups excluding carboxylic acids is 1. The monoisotopic (exact) mass is 257 g/mol. The Balaban J connectivity index is 2.22. The Hall–Kier alpha value is -1.50. The maximum atomic E-state index is 10.7. The summed E-state index contributed by atoms with van der Waals surface area (Å²) in [7, 11) is 1.85. The molecular formula is C10H15N3O3S. The van der Waals surface area contributed by atoms with Gasteiger partial charge in [-0.2, -0.15) is 16.9 Å². The first-order chi connectivity index (χ1) is 8.13. The van der Waals surface area contributed by atoms with Crippen LogP contribution in [0.15, 0.2) is 12.4 Å². The molecule has 1 unspecified atom stereocenters. The van der Waals surface area contributed by atoms with E-state index in [1.54, 1.807) is 10.9 Å². The quantitative estimate of drug-likeness (QED) is 0.501. The van der Waals surface area contributed by atoms with Gasteiger partial charge in [0, 0.05) is 19.0 Å². The second kappa shape index (κ2) is 6.95. The fourth-order valence-corrected chi connectivity index (χ4v) is 2.29. The fraction of sp³-hybridized carbons (Fsp3) is 0.500. The molecule has 7 heteroatoms. The fourth-order valence-electron chi connectivity index (χ4n) is 1.27. The summed E-state index contributed by atoms with van der Waals surface area (Å²) in [6.45, 7) is 0. The summed E-state index contributed by atoms with van der Waals surface area (Å²) < 4.78 is 1.73. The molecule has 94 valence electrons. The molecule has 0 bridgehead atoms. The number of carbonyl (C=O) groups is 2. The number of aryl methyl sites for hydroxylation is 2. The Morgan fingerprint density at radius 1 is 1.76 bits per heavy atom. The van der Waals surface area contributed by atoms with Crippen molar-refractivity contribution in [2.45, 2.75) is 12.5 Å². The molecule has 0 aliphatic heterocycles. The van der Waals surface area contributed by atoms with Crippen LogP contribution in [0.2, 0.25) is 0 Å². The molecule has 2 N–H and O–H groups in total. The van der Waals surface area contributed by atoms with E-state index >= 15 is 0 Å². The van der Waals surface area contributed by atoms with Crippen molar-refractivity contribution < 1.29 is 14.7 Å². The number of nitrogens with one attached hydrogen (secondary N) is 1. The van der Waals surface area contributed by atoms with Crippen LogP contribution in [0, 0.1) is 0 Å². The van der Waals surface area contributed by atoms with Gasteiger partial charge in [0.2, 0.25) is 6.41 Å². The number of thioether (sulfide) groups is 1. The van der Waals surface area contributed by atoms with Crippen molar-refractivity contribution in [1.29, 1.82) is 0 Å². The molecule has 1 atom stereocenters. The number of nitrogens with zero attached hydrogens (tertiary/aromatic N) is 2. The molecule has 0 saturated heterocycles. The molecule has 0 saturated carbocycles. The van der Waals surface area contributed by atoms with Crippen molar-refractivity contribution in [2.24, 2.45) is 7.05 Å². The molecule has 1 rings (SSSR count). The Bertz CT molecular complexity index is 381. The van der Waals surface area contributed by atoms with Crippen molar-refractivity contribution >= 4 is 24.1 Å². The predicted molar refractivity (Wildman–Crippen MR) is 64.9 cm³/mol. The maximum Gasteiger partial charge on any atom is 0.327 e. The summed E-state index contributed by atoms with van der Waals surface area (Å²) in [5, 5.41) is 15.1. The molecule has 0 radical (unpaired) electrons. The van der Waals surface area contributed by atoms with Gasteiger partial charge >= 0.3 is 5.97 Å². The zero-order valence-corrected chi connectivity index (χ0v) is 10.3. The van der Waals surface area contributed by atoms with E-state index in [4.69, 9.17) is 5.11 Å². The zero-order valence-electron chi connectivity index (χ0n) is 9.50. The van der Waals surface area contributed by atoms with Gasteiger partial charge in [-0.15, -0.1) is 0 Å². The number of carboxylic acids is 1. The second-order valence-corrected chi connectivity index (χ2v) is 4.67. The van der Waals surface area contributed by atoms with E-state index in [1.165, 1.54) is 11.8 Å². The average Bonchev–Trinajstić information content (AvgIpc) is 2.68. The van der Waals surface area contributed by atoms with Gasteiger partial charge in [0.25, 0.3) is 0 Å². The van der Waals surface area contributed by atoms with Crippen molar-refractivity contribution in [2.75, 3.05) is 11.5 Å². The van der Waals surface area contributed by atoms with Crippen LogP contribution in [0.25, 0.3) is 0 Å². The first kappa shape index (κ1) is 13.6. The third-order valence-electron chi connectivity index (χ3n) is 2.15. The van der Waals surface area contributed by atoms with Crippen LogP contribution in [-0.2, 0) is 23.1 Å². The number of rotatable bonds is 8. The minimum atomic E-state index is -1.01. The van der Waals surface area contributed by atoms with E-state index < -0.39 is 12.0 Å². The molecule has 1 amide bonds. The Labute approximate surface area is 103 Å². The van der Waals surface area contributed by atoms with E-state index in [0.29, 0.717) is 12.2 Å². The Morgan fingerprint density at radius 3 is 3.06 bits per heavy atom. The van der Waals surface area contributed by atoms with Gasteiger partial charge in [0.05, 0.1) is 6.20 Å². The number of amides is 1. The summed E-state index contributed by atoms with van der Waals surface area (Å²) in [5.74, 6) is 0.163. The number of hydrogen-bond donors (Lipinski definition) is 2. The Morgan fingerprint density at radius 2 is 2.53 bits per heavy atom. The number of carboxylic acid groups (broad SMARTS) is 1. The molecule has 0 aliphatic carbocycles. The van der Waals surface area contributed by atoms with E-state index in [0.717, 1.165) is 17.7 Å². The smallest absolute Gasteiger partial charge is 0.327 e. The van der Waals surface area contributed by atoms with Crippen LogP contribution >= 0.6 is 11.8 Å². The van der Waals surface area contributed by atoms with Crippen LogP contribution in [-0.4, -0.2) is 44.8 Å². The van der Waals surface area contributed by atoms with Crippen molar-refractivity contribution in [3.05, 3.63) is 18.0 Å². The van der Waals surface area contributed by atoms with Crippen LogP contribution in [0.4, 0.5) is 0 Å². The highest BCUT2D eigenvalue weighted by Gasteiger charge is 2.15. The largest absolute Gasteiger partial charge is 0.480 e. The van der Waals surface area contributed by atoms with Crippen LogP contribution in [0.5, 0.6) is 0 Å². The lowest BCUT2D eigenvalue weighted by molar-refractivity contribution is -0.139. The summed E-state index contributed by atoms with van der Waals surface area (Å²) in [4.78, 5) is 20.9. The number of aromatic nitrogens is 2. The lowest BCUT2D eigenvalue weighted by Crippen LogP contribution is -2.37. The van der Waals surface area contributed by atoms with E-state index in [2.05, 4.69) is 10.4 Å². The molecule has 1 aromatic rings. The third kappa shape index (κ3) is 4.90. The van der Waals surface area contributed by atoms with Gasteiger partial charge in [-0.1, -0.05) is 0 Å². The maximum absolute atomic E-state index is 10.7. The molecule has 6 nitrogen and oxygen atoms in total. The third-order valence-corrected chi connectivity index (χ3v) is 3.21. The normalized spacial score (nSPS) is 12.1. The van der Waals surface area contributed by atoms with Gasteiger partial charge in [-0.05, 0) is 17.7 Å². The minimum absolute atomic E-state index is 0.369. The molecule has 0 fully saturated rings. The number of aliphatic carboxylic acids is 1. The highest BCUT2D eigenvalue weighted by molar-refractivity contribution is 7.99. The van der Waals surface area contributed by atoms with Gasteiger partial charge in [0.15, 0.2) is 0 Å². The molecule has 1 heterocycles. The topological polar surface area (TPSA) is 84.2 Å². The first-order valence-electron chi connectivity index (χ1n) is 5.11. The number of hydrogen-bond acceptors (Lipinski definition) is 4. The lowest BCUT2D eigenvalue weighted by atomic mass is 10.3. The van der Waals surface area contributed by atoms with Gasteiger partial charge < -0.3 is 10.4 Å². The minimum Gasteiger partial charge on any atom is -0.480 e. The van der Waals surface area contributed by atoms with Crippen molar-refractivity contribution in [3.8, 4) is 0 Å². The standard InChI is InChI=1S/C10H15N3O3S/c1-13-5-8(4-12-13)2-3-17-6-9(10(15)16)11-7-14/h4-5,7,9H,2-3,6H2,1H3,(H,11,14)(H,15,16). The summed E-state index contributed by atoms with van der Waals surface area (Å²) in [6, 6.07) is -0.814. The van der Waals surface area contributed by atoms with E-state index in [9.17, 15) is 9.59 Å². The molecular weight excluding hydrogens is 242 g/mol. The van der Waals surface area contributed by atoms with Gasteiger partial charge in [-0.3, -0.25) is 9.48 Å². The van der Waals surface area contributed by atoms with Gasteiger partial charge in [0.1, 0.15) is 6.04 Å². The predicted octanol–water partition coefficient (Wildman–Crippen LogP) is -0.105. The van der Waals surface area contributed by atoms with Gasteiger partial charge in [-0.25, -0.2) is 4.79 Å². The first-order valence-corrected chi connectivity index (χ1v) is 6.26. The van der Waals surface area contributed by atoms with Crippen molar-refractivity contribution in [1.82, 2.24) is 15.1 Å². The second-order valence-electron chi connectivity index (χ2n) is 3.52. The molecule has 1 aromatic heterocycles. The van der Waals surface area contributed by atoms with E-state index in [1.807, 2.05) is 13.2 Å². The SMILES string of the molecule is Cn1cc(CCSCC(NC=O)C(=O)O)cn1. The Kier molecular flexibility index (Phi) is 5.55. The van der Waals surface area contributed by atoms with Crippen LogP contribution in [0.3, 0.4) is 0 Å².